The fourth-order valence-corrected chi connectivity index (χ4v) is 1.93. The highest BCUT2D eigenvalue weighted by atomic mass is 16.5. The third-order valence-electron chi connectivity index (χ3n) is 2.96. The number of likely N-dealkylation sites (tertiary alicyclic amines) is 1. The van der Waals surface area contributed by atoms with E-state index in [1.807, 2.05) is 0 Å². The zero-order valence-electron chi connectivity index (χ0n) is 10.8. The Balaban J connectivity index is 1.84. The number of nitrogens with zero attached hydrogens (tertiary/aromatic N) is 1. The lowest BCUT2D eigenvalue weighted by Gasteiger charge is -2.15. The minimum atomic E-state index is -0.526. The van der Waals surface area contributed by atoms with Gasteiger partial charge in [0.15, 0.2) is 0 Å². The van der Waals surface area contributed by atoms with Crippen molar-refractivity contribution in [2.75, 3.05) is 25.5 Å². The van der Waals surface area contributed by atoms with E-state index in [2.05, 4.69) is 10.6 Å². The van der Waals surface area contributed by atoms with Crippen LogP contribution in [0.4, 0.5) is 15.3 Å². The van der Waals surface area contributed by atoms with Crippen LogP contribution in [0.1, 0.15) is 12.8 Å². The maximum Gasteiger partial charge on any atom is 0.327 e. The van der Waals surface area contributed by atoms with Crippen LogP contribution in [0.25, 0.3) is 0 Å². The summed E-state index contributed by atoms with van der Waals surface area (Å²) in [6.45, 7) is 1.42. The van der Waals surface area contributed by atoms with E-state index >= 15 is 0 Å². The molecule has 0 unspecified atom stereocenters. The van der Waals surface area contributed by atoms with Crippen LogP contribution in [0.5, 0.6) is 5.75 Å². The predicted molar refractivity (Wildman–Crippen MR) is 71.4 cm³/mol. The number of benzene rings is 1. The lowest BCUT2D eigenvalue weighted by Crippen LogP contribution is -2.43. The number of amides is 4. The summed E-state index contributed by atoms with van der Waals surface area (Å²) in [5.41, 5.74) is 0.604. The fraction of sp³-hybridized carbons (Fsp3) is 0.385. The summed E-state index contributed by atoms with van der Waals surface area (Å²) in [4.78, 5) is 24.9. The van der Waals surface area contributed by atoms with Gasteiger partial charge in [0.1, 0.15) is 5.75 Å². The van der Waals surface area contributed by atoms with Crippen LogP contribution in [-0.4, -0.2) is 37.2 Å². The van der Waals surface area contributed by atoms with Crippen LogP contribution in [0.15, 0.2) is 24.3 Å². The molecule has 1 heterocycles. The Morgan fingerprint density at radius 1 is 1.16 bits per heavy atom. The number of imide groups is 1. The third-order valence-corrected chi connectivity index (χ3v) is 2.96. The molecule has 102 valence electrons. The molecule has 4 amide bonds. The molecule has 1 aromatic carbocycles. The van der Waals surface area contributed by atoms with E-state index in [0.29, 0.717) is 24.5 Å². The average Bonchev–Trinajstić information content (AvgIpc) is 2.93. The Bertz CT molecular complexity index is 453. The largest absolute Gasteiger partial charge is 0.497 e. The van der Waals surface area contributed by atoms with E-state index in [0.717, 1.165) is 12.8 Å². The molecular formula is C13H17N3O3. The maximum atomic E-state index is 11.7. The van der Waals surface area contributed by atoms with Crippen molar-refractivity contribution < 1.29 is 14.3 Å². The molecule has 1 saturated heterocycles. The first-order valence-corrected chi connectivity index (χ1v) is 6.20. The second kappa shape index (κ2) is 6.08. The molecule has 2 rings (SSSR count). The minimum absolute atomic E-state index is 0.344. The molecule has 0 bridgehead atoms. The van der Waals surface area contributed by atoms with E-state index in [1.165, 1.54) is 0 Å². The van der Waals surface area contributed by atoms with Gasteiger partial charge in [-0.25, -0.2) is 9.59 Å². The van der Waals surface area contributed by atoms with Crippen LogP contribution in [-0.2, 0) is 0 Å². The van der Waals surface area contributed by atoms with E-state index in [-0.39, 0.29) is 6.03 Å². The molecule has 0 atom stereocenters. The van der Waals surface area contributed by atoms with Crippen molar-refractivity contribution in [3.63, 3.8) is 0 Å². The minimum Gasteiger partial charge on any atom is -0.497 e. The van der Waals surface area contributed by atoms with Crippen LogP contribution in [0, 0.1) is 0 Å². The summed E-state index contributed by atoms with van der Waals surface area (Å²) in [6, 6.07) is 6.01. The molecule has 0 aromatic heterocycles. The molecule has 6 heteroatoms. The molecule has 0 spiro atoms. The summed E-state index contributed by atoms with van der Waals surface area (Å²) in [6.07, 6.45) is 1.99. The van der Waals surface area contributed by atoms with E-state index in [9.17, 15) is 9.59 Å². The molecule has 1 aliphatic heterocycles. The normalized spacial score (nSPS) is 14.1. The number of carbonyl (C=O) groups is 2. The average molecular weight is 263 g/mol. The smallest absolute Gasteiger partial charge is 0.327 e. The molecule has 0 radical (unpaired) electrons. The summed E-state index contributed by atoms with van der Waals surface area (Å²) in [5.74, 6) is 0.708. The highest BCUT2D eigenvalue weighted by Gasteiger charge is 2.19. The standard InChI is InChI=1S/C13H17N3O3/c1-19-11-6-4-10(5-7-11)14-12(17)15-13(18)16-8-2-3-9-16/h4-7H,2-3,8-9H2,1H3,(H2,14,15,17,18). The highest BCUT2D eigenvalue weighted by Crippen LogP contribution is 2.14. The number of hydrogen-bond donors (Lipinski definition) is 2. The molecule has 1 aromatic rings. The predicted octanol–water partition coefficient (Wildman–Crippen LogP) is 2.03. The van der Waals surface area contributed by atoms with Gasteiger partial charge in [-0.1, -0.05) is 0 Å². The zero-order chi connectivity index (χ0) is 13.7. The van der Waals surface area contributed by atoms with Gasteiger partial charge < -0.3 is 15.0 Å². The third kappa shape index (κ3) is 3.61. The number of urea groups is 2. The van der Waals surface area contributed by atoms with E-state index in [1.54, 1.807) is 36.3 Å². The number of methoxy groups -OCH3 is 1. The fourth-order valence-electron chi connectivity index (χ4n) is 1.93. The van der Waals surface area contributed by atoms with Gasteiger partial charge >= 0.3 is 12.1 Å². The van der Waals surface area contributed by atoms with Crippen molar-refractivity contribution in [3.05, 3.63) is 24.3 Å². The first kappa shape index (κ1) is 13.2. The first-order valence-electron chi connectivity index (χ1n) is 6.20. The van der Waals surface area contributed by atoms with Gasteiger partial charge in [-0.3, -0.25) is 5.32 Å². The SMILES string of the molecule is COc1ccc(NC(=O)NC(=O)N2CCCC2)cc1. The number of hydrogen-bond acceptors (Lipinski definition) is 3. The lowest BCUT2D eigenvalue weighted by molar-refractivity contribution is 0.207. The van der Waals surface area contributed by atoms with Gasteiger partial charge in [0, 0.05) is 18.8 Å². The molecule has 2 N–H and O–H groups in total. The number of carbonyl (C=O) groups excluding carboxylic acids is 2. The molecule has 0 aliphatic carbocycles. The van der Waals surface area contributed by atoms with Crippen molar-refractivity contribution in [1.29, 1.82) is 0 Å². The lowest BCUT2D eigenvalue weighted by atomic mass is 10.3. The second-order valence-corrected chi connectivity index (χ2v) is 4.31. The highest BCUT2D eigenvalue weighted by molar-refractivity contribution is 6.00. The zero-order valence-corrected chi connectivity index (χ0v) is 10.8. The number of anilines is 1. The molecular weight excluding hydrogens is 246 g/mol. The molecule has 1 fully saturated rings. The van der Waals surface area contributed by atoms with Gasteiger partial charge in [-0.05, 0) is 37.1 Å². The maximum absolute atomic E-state index is 11.7. The van der Waals surface area contributed by atoms with Gasteiger partial charge in [0.2, 0.25) is 0 Å². The quantitative estimate of drug-likeness (QED) is 0.857. The molecule has 1 aliphatic rings. The molecule has 19 heavy (non-hydrogen) atoms. The van der Waals surface area contributed by atoms with Crippen molar-refractivity contribution in [3.8, 4) is 5.75 Å². The Morgan fingerprint density at radius 3 is 2.37 bits per heavy atom. The Hall–Kier alpha value is -2.24. The summed E-state index contributed by atoms with van der Waals surface area (Å²) in [7, 11) is 1.57. The van der Waals surface area contributed by atoms with Crippen LogP contribution in [0.2, 0.25) is 0 Å². The Morgan fingerprint density at radius 2 is 1.79 bits per heavy atom. The summed E-state index contributed by atoms with van der Waals surface area (Å²) < 4.78 is 5.02. The number of rotatable bonds is 2. The van der Waals surface area contributed by atoms with Gasteiger partial charge in [-0.2, -0.15) is 0 Å². The first-order chi connectivity index (χ1) is 9.19. The molecule has 6 nitrogen and oxygen atoms in total. The van der Waals surface area contributed by atoms with Crippen molar-refractivity contribution >= 4 is 17.7 Å². The summed E-state index contributed by atoms with van der Waals surface area (Å²) in [5, 5.41) is 4.90. The summed E-state index contributed by atoms with van der Waals surface area (Å²) >= 11 is 0. The van der Waals surface area contributed by atoms with Crippen LogP contribution >= 0.6 is 0 Å². The van der Waals surface area contributed by atoms with Gasteiger partial charge in [-0.15, -0.1) is 0 Å². The van der Waals surface area contributed by atoms with Crippen molar-refractivity contribution in [2.45, 2.75) is 12.8 Å². The van der Waals surface area contributed by atoms with Gasteiger partial charge in [0.25, 0.3) is 0 Å². The molecule has 0 saturated carbocycles. The Kier molecular flexibility index (Phi) is 4.22. The van der Waals surface area contributed by atoms with Crippen LogP contribution < -0.4 is 15.4 Å². The monoisotopic (exact) mass is 263 g/mol. The second-order valence-electron chi connectivity index (χ2n) is 4.31. The van der Waals surface area contributed by atoms with Crippen LogP contribution in [0.3, 0.4) is 0 Å². The van der Waals surface area contributed by atoms with E-state index < -0.39 is 6.03 Å². The van der Waals surface area contributed by atoms with Gasteiger partial charge in [0.05, 0.1) is 7.11 Å². The van der Waals surface area contributed by atoms with E-state index in [4.69, 9.17) is 4.74 Å². The van der Waals surface area contributed by atoms with Crippen molar-refractivity contribution in [2.24, 2.45) is 0 Å². The topological polar surface area (TPSA) is 70.7 Å². The van der Waals surface area contributed by atoms with Crippen molar-refractivity contribution in [1.82, 2.24) is 10.2 Å². The number of nitrogens with one attached hydrogen (secondary N) is 2. The Labute approximate surface area is 111 Å². The number of ether oxygens (including phenoxy) is 1.